The van der Waals surface area contributed by atoms with E-state index in [0.29, 0.717) is 11.0 Å². The van der Waals surface area contributed by atoms with Crippen molar-refractivity contribution in [3.8, 4) is 22.6 Å². The number of imidazole rings is 1. The molecule has 7 heteroatoms. The fraction of sp³-hybridized carbons (Fsp3) is 0.316. The third-order valence-electron chi connectivity index (χ3n) is 4.35. The van der Waals surface area contributed by atoms with Gasteiger partial charge in [0.05, 0.1) is 23.5 Å². The molecule has 1 aromatic carbocycles. The minimum atomic E-state index is 0.145. The molecule has 1 fully saturated rings. The van der Waals surface area contributed by atoms with Crippen molar-refractivity contribution in [3.05, 3.63) is 47.9 Å². The van der Waals surface area contributed by atoms with Crippen LogP contribution in [-0.4, -0.2) is 45.2 Å². The lowest BCUT2D eigenvalue weighted by Crippen LogP contribution is -2.46. The van der Waals surface area contributed by atoms with Crippen LogP contribution in [0.15, 0.2) is 42.9 Å². The molecule has 0 aliphatic carbocycles. The molecule has 0 bridgehead atoms. The Labute approximate surface area is 157 Å². The number of rotatable bonds is 3. The van der Waals surface area contributed by atoms with E-state index in [4.69, 9.17) is 21.3 Å². The SMILES string of the molecule is C[C@@H]1CN(c2ncc(-c3ncc[nH]3)c(-c3ccc(Cl)cc3)n2)C[C@H](C)O1. The number of benzene rings is 1. The minimum Gasteiger partial charge on any atom is -0.372 e. The highest BCUT2D eigenvalue weighted by atomic mass is 35.5. The predicted molar refractivity (Wildman–Crippen MR) is 102 cm³/mol. The highest BCUT2D eigenvalue weighted by molar-refractivity contribution is 6.30. The van der Waals surface area contributed by atoms with Gasteiger partial charge in [-0.3, -0.25) is 0 Å². The van der Waals surface area contributed by atoms with Gasteiger partial charge >= 0.3 is 0 Å². The fourth-order valence-electron chi connectivity index (χ4n) is 3.28. The standard InChI is InChI=1S/C19H20ClN5O/c1-12-10-25(11-13(2)26-12)19-23-9-16(18-21-7-8-22-18)17(24-19)14-3-5-15(20)6-4-14/h3-9,12-13H,10-11H2,1-2H3,(H,21,22)/t12-,13+. The Morgan fingerprint density at radius 2 is 1.85 bits per heavy atom. The second-order valence-electron chi connectivity index (χ2n) is 6.54. The first kappa shape index (κ1) is 17.0. The van der Waals surface area contributed by atoms with Crippen LogP contribution in [0, 0.1) is 0 Å². The fourth-order valence-corrected chi connectivity index (χ4v) is 3.41. The van der Waals surface area contributed by atoms with Gasteiger partial charge in [0.1, 0.15) is 5.82 Å². The van der Waals surface area contributed by atoms with Crippen molar-refractivity contribution in [3.63, 3.8) is 0 Å². The summed E-state index contributed by atoms with van der Waals surface area (Å²) in [6.07, 6.45) is 5.63. The van der Waals surface area contributed by atoms with E-state index in [2.05, 4.69) is 33.7 Å². The zero-order valence-corrected chi connectivity index (χ0v) is 15.4. The largest absolute Gasteiger partial charge is 0.372 e. The number of morpholine rings is 1. The minimum absolute atomic E-state index is 0.145. The quantitative estimate of drug-likeness (QED) is 0.760. The monoisotopic (exact) mass is 369 g/mol. The number of ether oxygens (including phenoxy) is 1. The molecule has 3 heterocycles. The molecule has 2 aromatic heterocycles. The van der Waals surface area contributed by atoms with Crippen LogP contribution >= 0.6 is 11.6 Å². The van der Waals surface area contributed by atoms with Crippen molar-refractivity contribution in [1.82, 2.24) is 19.9 Å². The number of hydrogen-bond acceptors (Lipinski definition) is 5. The molecule has 0 saturated carbocycles. The second kappa shape index (κ2) is 7.05. The molecule has 0 radical (unpaired) electrons. The normalized spacial score (nSPS) is 20.3. The number of aromatic amines is 1. The number of H-pyrrole nitrogens is 1. The average molecular weight is 370 g/mol. The lowest BCUT2D eigenvalue weighted by atomic mass is 10.1. The molecule has 3 aromatic rings. The van der Waals surface area contributed by atoms with E-state index in [0.717, 1.165) is 35.7 Å². The van der Waals surface area contributed by atoms with Crippen LogP contribution < -0.4 is 4.90 Å². The number of hydrogen-bond donors (Lipinski definition) is 1. The smallest absolute Gasteiger partial charge is 0.226 e. The lowest BCUT2D eigenvalue weighted by molar-refractivity contribution is -0.00571. The summed E-state index contributed by atoms with van der Waals surface area (Å²) in [6, 6.07) is 7.66. The van der Waals surface area contributed by atoms with Gasteiger partial charge in [-0.1, -0.05) is 23.7 Å². The van der Waals surface area contributed by atoms with Crippen LogP contribution in [-0.2, 0) is 4.74 Å². The summed E-state index contributed by atoms with van der Waals surface area (Å²) >= 11 is 6.05. The van der Waals surface area contributed by atoms with Crippen LogP contribution in [0.1, 0.15) is 13.8 Å². The van der Waals surface area contributed by atoms with Gasteiger partial charge in [0, 0.05) is 42.3 Å². The molecule has 134 valence electrons. The summed E-state index contributed by atoms with van der Waals surface area (Å²) in [5, 5.41) is 0.693. The molecule has 1 aliphatic heterocycles. The maximum absolute atomic E-state index is 6.05. The van der Waals surface area contributed by atoms with Crippen molar-refractivity contribution >= 4 is 17.5 Å². The summed E-state index contributed by atoms with van der Waals surface area (Å²) in [7, 11) is 0. The highest BCUT2D eigenvalue weighted by Crippen LogP contribution is 2.31. The van der Waals surface area contributed by atoms with E-state index in [1.165, 1.54) is 0 Å². The third kappa shape index (κ3) is 3.43. The van der Waals surface area contributed by atoms with Crippen LogP contribution in [0.2, 0.25) is 5.02 Å². The molecule has 1 saturated heterocycles. The van der Waals surface area contributed by atoms with Crippen molar-refractivity contribution < 1.29 is 4.74 Å². The van der Waals surface area contributed by atoms with Gasteiger partial charge in [0.25, 0.3) is 0 Å². The molecule has 4 rings (SSSR count). The molecule has 2 atom stereocenters. The summed E-state index contributed by atoms with van der Waals surface area (Å²) in [5.41, 5.74) is 2.66. The van der Waals surface area contributed by atoms with Crippen LogP contribution in [0.25, 0.3) is 22.6 Å². The van der Waals surface area contributed by atoms with Crippen molar-refractivity contribution in [2.45, 2.75) is 26.1 Å². The van der Waals surface area contributed by atoms with Crippen LogP contribution in [0.4, 0.5) is 5.95 Å². The summed E-state index contributed by atoms with van der Waals surface area (Å²) in [6.45, 7) is 5.68. The Morgan fingerprint density at radius 3 is 2.50 bits per heavy atom. The summed E-state index contributed by atoms with van der Waals surface area (Å²) in [4.78, 5) is 19.2. The lowest BCUT2D eigenvalue weighted by Gasteiger charge is -2.35. The number of nitrogens with one attached hydrogen (secondary N) is 1. The number of nitrogens with zero attached hydrogens (tertiary/aromatic N) is 4. The third-order valence-corrected chi connectivity index (χ3v) is 4.60. The summed E-state index contributed by atoms with van der Waals surface area (Å²) in [5.74, 6) is 1.44. The topological polar surface area (TPSA) is 66.9 Å². The Kier molecular flexibility index (Phi) is 4.61. The van der Waals surface area contributed by atoms with E-state index in [-0.39, 0.29) is 12.2 Å². The molecule has 0 spiro atoms. The van der Waals surface area contributed by atoms with E-state index < -0.39 is 0 Å². The Hall–Kier alpha value is -2.44. The van der Waals surface area contributed by atoms with Gasteiger partial charge in [0.2, 0.25) is 5.95 Å². The van der Waals surface area contributed by atoms with Gasteiger partial charge in [-0.05, 0) is 26.0 Å². The first-order chi connectivity index (χ1) is 12.6. The Bertz CT molecular complexity index is 871. The highest BCUT2D eigenvalue weighted by Gasteiger charge is 2.25. The van der Waals surface area contributed by atoms with Gasteiger partial charge < -0.3 is 14.6 Å². The molecule has 1 N–H and O–H groups in total. The molecule has 0 unspecified atom stereocenters. The first-order valence-electron chi connectivity index (χ1n) is 8.63. The molecular weight excluding hydrogens is 350 g/mol. The number of anilines is 1. The van der Waals surface area contributed by atoms with E-state index in [9.17, 15) is 0 Å². The van der Waals surface area contributed by atoms with Crippen LogP contribution in [0.5, 0.6) is 0 Å². The Morgan fingerprint density at radius 1 is 1.12 bits per heavy atom. The van der Waals surface area contributed by atoms with Gasteiger partial charge in [-0.15, -0.1) is 0 Å². The molecular formula is C19H20ClN5O. The van der Waals surface area contributed by atoms with Crippen LogP contribution in [0.3, 0.4) is 0 Å². The maximum Gasteiger partial charge on any atom is 0.226 e. The maximum atomic E-state index is 6.05. The molecule has 1 aliphatic rings. The zero-order valence-electron chi connectivity index (χ0n) is 14.7. The summed E-state index contributed by atoms with van der Waals surface area (Å²) < 4.78 is 5.82. The van der Waals surface area contributed by atoms with Crippen molar-refractivity contribution in [2.24, 2.45) is 0 Å². The van der Waals surface area contributed by atoms with Crippen molar-refractivity contribution in [1.29, 1.82) is 0 Å². The van der Waals surface area contributed by atoms with E-state index in [1.54, 1.807) is 12.4 Å². The van der Waals surface area contributed by atoms with Gasteiger partial charge in [-0.25, -0.2) is 15.0 Å². The molecule has 26 heavy (non-hydrogen) atoms. The Balaban J connectivity index is 1.79. The van der Waals surface area contributed by atoms with Gasteiger partial charge in [0.15, 0.2) is 0 Å². The predicted octanol–water partition coefficient (Wildman–Crippen LogP) is 3.80. The van der Waals surface area contributed by atoms with Crippen molar-refractivity contribution in [2.75, 3.05) is 18.0 Å². The molecule has 0 amide bonds. The van der Waals surface area contributed by atoms with E-state index in [1.807, 2.05) is 30.5 Å². The zero-order chi connectivity index (χ0) is 18.1. The first-order valence-corrected chi connectivity index (χ1v) is 9.01. The number of halogens is 1. The number of aromatic nitrogens is 4. The average Bonchev–Trinajstić information content (AvgIpc) is 3.15. The molecule has 6 nitrogen and oxygen atoms in total. The second-order valence-corrected chi connectivity index (χ2v) is 6.98. The van der Waals surface area contributed by atoms with E-state index >= 15 is 0 Å². The van der Waals surface area contributed by atoms with Gasteiger partial charge in [-0.2, -0.15) is 0 Å².